The van der Waals surface area contributed by atoms with Gasteiger partial charge in [-0.15, -0.1) is 11.6 Å². The summed E-state index contributed by atoms with van der Waals surface area (Å²) in [6, 6.07) is 5.73. The van der Waals surface area contributed by atoms with Gasteiger partial charge in [0, 0.05) is 11.4 Å². The molecule has 0 bridgehead atoms. The summed E-state index contributed by atoms with van der Waals surface area (Å²) in [7, 11) is -4.58. The Morgan fingerprint density at radius 2 is 1.89 bits per heavy atom. The van der Waals surface area contributed by atoms with Crippen LogP contribution in [0.25, 0.3) is 0 Å². The molecule has 0 atom stereocenters. The number of alkyl halides is 3. The summed E-state index contributed by atoms with van der Waals surface area (Å²) in [5.74, 6) is -3.41. The molecule has 100 valence electrons. The minimum Gasteiger partial charge on any atom is -0.381 e. The van der Waals surface area contributed by atoms with Crippen LogP contribution >= 0.6 is 11.6 Å². The third kappa shape index (κ3) is 2.59. The number of hydrogen-bond acceptors (Lipinski definition) is 3. The second-order valence-electron chi connectivity index (χ2n) is 4.21. The molecule has 0 amide bonds. The zero-order valence-electron chi connectivity index (χ0n) is 9.31. The maximum atomic E-state index is 12.5. The molecule has 0 heterocycles. The highest BCUT2D eigenvalue weighted by Crippen LogP contribution is 2.32. The lowest BCUT2D eigenvalue weighted by Crippen LogP contribution is -2.36. The first kappa shape index (κ1) is 13.5. The third-order valence-electron chi connectivity index (χ3n) is 2.87. The monoisotopic (exact) mass is 295 g/mol. The maximum absolute atomic E-state index is 12.5. The van der Waals surface area contributed by atoms with Crippen molar-refractivity contribution in [3.8, 4) is 0 Å². The van der Waals surface area contributed by atoms with Crippen LogP contribution in [0.2, 0.25) is 0 Å². The molecule has 1 aromatic rings. The van der Waals surface area contributed by atoms with Crippen molar-refractivity contribution in [1.29, 1.82) is 0 Å². The van der Waals surface area contributed by atoms with Crippen LogP contribution in [0, 0.1) is 0 Å². The smallest absolute Gasteiger partial charge is 0.341 e. The quantitative estimate of drug-likeness (QED) is 0.869. The SMILES string of the molecule is O=S(=O)(c1ccccc1NC1CC(Cl)C1)C(F)F. The van der Waals surface area contributed by atoms with E-state index in [2.05, 4.69) is 5.32 Å². The third-order valence-corrected chi connectivity index (χ3v) is 4.66. The van der Waals surface area contributed by atoms with Crippen molar-refractivity contribution in [2.24, 2.45) is 0 Å². The molecular formula is C11H12ClF2NO2S. The van der Waals surface area contributed by atoms with Crippen molar-refractivity contribution >= 4 is 27.1 Å². The van der Waals surface area contributed by atoms with Gasteiger partial charge in [-0.2, -0.15) is 8.78 Å². The van der Waals surface area contributed by atoms with Gasteiger partial charge in [0.1, 0.15) is 0 Å². The van der Waals surface area contributed by atoms with Crippen LogP contribution in [-0.4, -0.2) is 25.6 Å². The van der Waals surface area contributed by atoms with Gasteiger partial charge in [-0.3, -0.25) is 0 Å². The van der Waals surface area contributed by atoms with Crippen LogP contribution in [0.15, 0.2) is 29.2 Å². The Hall–Kier alpha value is -0.880. The summed E-state index contributed by atoms with van der Waals surface area (Å²) in [5.41, 5.74) is 0.214. The molecule has 3 nitrogen and oxygen atoms in total. The predicted molar refractivity (Wildman–Crippen MR) is 65.9 cm³/mol. The van der Waals surface area contributed by atoms with Crippen molar-refractivity contribution < 1.29 is 17.2 Å². The lowest BCUT2D eigenvalue weighted by Gasteiger charge is -2.32. The van der Waals surface area contributed by atoms with E-state index in [1.165, 1.54) is 18.2 Å². The first-order valence-corrected chi connectivity index (χ1v) is 7.41. The first-order valence-electron chi connectivity index (χ1n) is 5.43. The minimum atomic E-state index is -4.58. The van der Waals surface area contributed by atoms with E-state index < -0.39 is 15.6 Å². The molecule has 0 saturated heterocycles. The summed E-state index contributed by atoms with van der Waals surface area (Å²) in [6.07, 6.45) is 1.40. The number of sulfone groups is 1. The van der Waals surface area contributed by atoms with Crippen LogP contribution in [0.3, 0.4) is 0 Å². The van der Waals surface area contributed by atoms with Gasteiger partial charge in [-0.05, 0) is 25.0 Å². The van der Waals surface area contributed by atoms with Crippen LogP contribution in [0.1, 0.15) is 12.8 Å². The summed E-state index contributed by atoms with van der Waals surface area (Å²) >= 11 is 5.81. The molecule has 1 aliphatic rings. The molecular weight excluding hydrogens is 284 g/mol. The fourth-order valence-corrected chi connectivity index (χ4v) is 3.14. The van der Waals surface area contributed by atoms with Crippen molar-refractivity contribution in [2.75, 3.05) is 5.32 Å². The van der Waals surface area contributed by atoms with Crippen LogP contribution in [0.5, 0.6) is 0 Å². The van der Waals surface area contributed by atoms with Gasteiger partial charge in [-0.1, -0.05) is 12.1 Å². The molecule has 18 heavy (non-hydrogen) atoms. The zero-order valence-corrected chi connectivity index (χ0v) is 10.9. The van der Waals surface area contributed by atoms with E-state index in [9.17, 15) is 17.2 Å². The summed E-state index contributed by atoms with van der Waals surface area (Å²) in [5, 5.41) is 3.01. The van der Waals surface area contributed by atoms with E-state index in [0.29, 0.717) is 12.8 Å². The Morgan fingerprint density at radius 3 is 2.44 bits per heavy atom. The molecule has 0 unspecified atom stereocenters. The van der Waals surface area contributed by atoms with Crippen molar-refractivity contribution in [2.45, 2.75) is 34.9 Å². The fourth-order valence-electron chi connectivity index (χ4n) is 1.82. The Balaban J connectivity index is 2.26. The summed E-state index contributed by atoms with van der Waals surface area (Å²) in [4.78, 5) is -0.363. The lowest BCUT2D eigenvalue weighted by atomic mass is 9.92. The molecule has 7 heteroatoms. The molecule has 1 aliphatic carbocycles. The summed E-state index contributed by atoms with van der Waals surface area (Å²) < 4.78 is 48.1. The lowest BCUT2D eigenvalue weighted by molar-refractivity contribution is 0.235. The Labute approximate surface area is 109 Å². The molecule has 0 radical (unpaired) electrons. The van der Waals surface area contributed by atoms with Gasteiger partial charge in [0.2, 0.25) is 9.84 Å². The minimum absolute atomic E-state index is 0.0431. The van der Waals surface area contributed by atoms with Crippen molar-refractivity contribution in [3.05, 3.63) is 24.3 Å². The molecule has 0 aliphatic heterocycles. The number of nitrogens with one attached hydrogen (secondary N) is 1. The number of benzene rings is 1. The van der Waals surface area contributed by atoms with E-state index in [0.717, 1.165) is 0 Å². The van der Waals surface area contributed by atoms with Gasteiger partial charge in [0.05, 0.1) is 10.6 Å². The number of para-hydroxylation sites is 1. The number of anilines is 1. The second kappa shape index (κ2) is 5.01. The molecule has 0 spiro atoms. The van der Waals surface area contributed by atoms with Gasteiger partial charge in [0.15, 0.2) is 0 Å². The average molecular weight is 296 g/mol. The van der Waals surface area contributed by atoms with E-state index in [1.807, 2.05) is 0 Å². The number of halogens is 3. The fraction of sp³-hybridized carbons (Fsp3) is 0.455. The number of rotatable bonds is 4. The standard InChI is InChI=1S/C11H12ClF2NO2S/c12-7-5-8(6-7)15-9-3-1-2-4-10(9)18(16,17)11(13)14/h1-4,7-8,11,15H,5-6H2. The van der Waals surface area contributed by atoms with Crippen molar-refractivity contribution in [3.63, 3.8) is 0 Å². The van der Waals surface area contributed by atoms with E-state index >= 15 is 0 Å². The predicted octanol–water partition coefficient (Wildman–Crippen LogP) is 2.86. The molecule has 2 rings (SSSR count). The highest BCUT2D eigenvalue weighted by molar-refractivity contribution is 7.91. The van der Waals surface area contributed by atoms with Gasteiger partial charge in [-0.25, -0.2) is 8.42 Å². The van der Waals surface area contributed by atoms with Gasteiger partial charge >= 0.3 is 5.76 Å². The Bertz CT molecular complexity index is 530. The van der Waals surface area contributed by atoms with E-state index in [-0.39, 0.29) is 22.0 Å². The molecule has 1 saturated carbocycles. The van der Waals surface area contributed by atoms with Gasteiger partial charge < -0.3 is 5.32 Å². The molecule has 1 aromatic carbocycles. The topological polar surface area (TPSA) is 46.2 Å². The van der Waals surface area contributed by atoms with E-state index in [1.54, 1.807) is 6.07 Å². The van der Waals surface area contributed by atoms with E-state index in [4.69, 9.17) is 11.6 Å². The maximum Gasteiger partial charge on any atom is 0.341 e. The summed E-state index contributed by atoms with van der Waals surface area (Å²) in [6.45, 7) is 0. The molecule has 0 aromatic heterocycles. The highest BCUT2D eigenvalue weighted by atomic mass is 35.5. The van der Waals surface area contributed by atoms with Crippen molar-refractivity contribution in [1.82, 2.24) is 0 Å². The molecule has 1 N–H and O–H groups in total. The largest absolute Gasteiger partial charge is 0.381 e. The molecule has 1 fully saturated rings. The second-order valence-corrected chi connectivity index (χ2v) is 6.72. The zero-order chi connectivity index (χ0) is 13.3. The van der Waals surface area contributed by atoms with Crippen LogP contribution < -0.4 is 5.32 Å². The highest BCUT2D eigenvalue weighted by Gasteiger charge is 2.32. The van der Waals surface area contributed by atoms with Crippen LogP contribution in [-0.2, 0) is 9.84 Å². The van der Waals surface area contributed by atoms with Gasteiger partial charge in [0.25, 0.3) is 0 Å². The Kier molecular flexibility index (Phi) is 3.77. The number of hydrogen-bond donors (Lipinski definition) is 1. The average Bonchev–Trinajstić information content (AvgIpc) is 2.27. The first-order chi connectivity index (χ1) is 8.41. The Morgan fingerprint density at radius 1 is 1.28 bits per heavy atom. The normalized spacial score (nSPS) is 23.8. The van der Waals surface area contributed by atoms with Crippen LogP contribution in [0.4, 0.5) is 14.5 Å².